The molecule has 0 aromatic heterocycles. The molecule has 31 heavy (non-hydrogen) atoms. The van der Waals surface area contributed by atoms with Crippen LogP contribution in [0.5, 0.6) is 0 Å². The number of carbonyl (C=O) groups excluding carboxylic acids is 1. The van der Waals surface area contributed by atoms with E-state index < -0.39 is 27.8 Å². The van der Waals surface area contributed by atoms with Crippen LogP contribution in [-0.4, -0.2) is 57.8 Å². The Morgan fingerprint density at radius 1 is 1.16 bits per heavy atom. The third kappa shape index (κ3) is 6.49. The first-order valence-electron chi connectivity index (χ1n) is 10.1. The van der Waals surface area contributed by atoms with Crippen LogP contribution in [0, 0.1) is 5.82 Å². The Morgan fingerprint density at radius 3 is 2.45 bits per heavy atom. The first-order chi connectivity index (χ1) is 14.7. The molecule has 0 radical (unpaired) electrons. The second-order valence-electron chi connectivity index (χ2n) is 7.64. The predicted octanol–water partition coefficient (Wildman–Crippen LogP) is 2.13. The predicted molar refractivity (Wildman–Crippen MR) is 118 cm³/mol. The molecule has 3 rings (SSSR count). The largest absolute Gasteiger partial charge is 0.379 e. The van der Waals surface area contributed by atoms with Crippen molar-refractivity contribution in [2.75, 3.05) is 36.9 Å². The van der Waals surface area contributed by atoms with Gasteiger partial charge < -0.3 is 10.1 Å². The number of ether oxygens (including phenoxy) is 1. The summed E-state index contributed by atoms with van der Waals surface area (Å²) in [4.78, 5) is 15.0. The van der Waals surface area contributed by atoms with E-state index in [-0.39, 0.29) is 12.2 Å². The Labute approximate surface area is 182 Å². The zero-order valence-corrected chi connectivity index (χ0v) is 18.6. The van der Waals surface area contributed by atoms with Crippen LogP contribution in [0.25, 0.3) is 0 Å². The molecular formula is C22H28FN3O4S. The lowest BCUT2D eigenvalue weighted by molar-refractivity contribution is -0.122. The smallest absolute Gasteiger partial charge is 0.243 e. The summed E-state index contributed by atoms with van der Waals surface area (Å²) in [6.45, 7) is 5.85. The van der Waals surface area contributed by atoms with Crippen LogP contribution in [0.15, 0.2) is 48.5 Å². The Kier molecular flexibility index (Phi) is 7.64. The number of hydrogen-bond acceptors (Lipinski definition) is 5. The molecule has 1 atom stereocenters. The van der Waals surface area contributed by atoms with E-state index in [9.17, 15) is 17.6 Å². The van der Waals surface area contributed by atoms with Gasteiger partial charge in [0.15, 0.2) is 0 Å². The molecule has 1 heterocycles. The van der Waals surface area contributed by atoms with E-state index in [4.69, 9.17) is 4.74 Å². The van der Waals surface area contributed by atoms with Gasteiger partial charge in [-0.3, -0.25) is 14.0 Å². The molecule has 1 fully saturated rings. The third-order valence-electron chi connectivity index (χ3n) is 5.14. The molecule has 0 spiro atoms. The maximum atomic E-state index is 13.2. The molecule has 2 aromatic rings. The topological polar surface area (TPSA) is 79.0 Å². The molecule has 0 aliphatic carbocycles. The van der Waals surface area contributed by atoms with Crippen LogP contribution >= 0.6 is 0 Å². The number of hydrogen-bond donors (Lipinski definition) is 1. The summed E-state index contributed by atoms with van der Waals surface area (Å²) in [5, 5.41) is 2.81. The van der Waals surface area contributed by atoms with E-state index in [1.54, 1.807) is 0 Å². The van der Waals surface area contributed by atoms with Crippen molar-refractivity contribution < 1.29 is 22.3 Å². The Hall–Kier alpha value is -2.49. The standard InChI is InChI=1S/C22H28FN3O4S/c1-17(26(31(2,28)29)21-8-6-20(23)7-9-21)22(27)24-15-18-4-3-5-19(14-18)16-25-10-12-30-13-11-25/h3-9,14,17H,10-13,15-16H2,1-2H3,(H,24,27)/t17-/m1/s1. The molecule has 1 aliphatic heterocycles. The van der Waals surface area contributed by atoms with Crippen molar-refractivity contribution in [3.05, 3.63) is 65.5 Å². The van der Waals surface area contributed by atoms with Gasteiger partial charge in [-0.25, -0.2) is 12.8 Å². The number of rotatable bonds is 8. The highest BCUT2D eigenvalue weighted by Gasteiger charge is 2.29. The maximum Gasteiger partial charge on any atom is 0.243 e. The normalized spacial score (nSPS) is 16.0. The fourth-order valence-electron chi connectivity index (χ4n) is 3.59. The average Bonchev–Trinajstić information content (AvgIpc) is 2.73. The number of halogens is 1. The van der Waals surface area contributed by atoms with E-state index >= 15 is 0 Å². The molecule has 7 nitrogen and oxygen atoms in total. The summed E-state index contributed by atoms with van der Waals surface area (Å²) < 4.78 is 44.2. The number of nitrogens with zero attached hydrogens (tertiary/aromatic N) is 2. The Morgan fingerprint density at radius 2 is 1.81 bits per heavy atom. The monoisotopic (exact) mass is 449 g/mol. The molecule has 9 heteroatoms. The highest BCUT2D eigenvalue weighted by atomic mass is 32.2. The zero-order valence-electron chi connectivity index (χ0n) is 17.8. The van der Waals surface area contributed by atoms with Crippen LogP contribution in [0.2, 0.25) is 0 Å². The lowest BCUT2D eigenvalue weighted by Gasteiger charge is -2.28. The molecule has 1 amide bonds. The highest BCUT2D eigenvalue weighted by Crippen LogP contribution is 2.21. The van der Waals surface area contributed by atoms with Crippen LogP contribution in [0.3, 0.4) is 0 Å². The minimum Gasteiger partial charge on any atom is -0.379 e. The van der Waals surface area contributed by atoms with Gasteiger partial charge in [-0.05, 0) is 42.3 Å². The van der Waals surface area contributed by atoms with Gasteiger partial charge in [0.25, 0.3) is 0 Å². The number of carbonyl (C=O) groups is 1. The lowest BCUT2D eigenvalue weighted by Crippen LogP contribution is -2.47. The van der Waals surface area contributed by atoms with E-state index in [1.165, 1.54) is 19.1 Å². The maximum absolute atomic E-state index is 13.2. The minimum absolute atomic E-state index is 0.235. The van der Waals surface area contributed by atoms with Crippen LogP contribution in [0.1, 0.15) is 18.1 Å². The van der Waals surface area contributed by atoms with Crippen LogP contribution in [0.4, 0.5) is 10.1 Å². The van der Waals surface area contributed by atoms with Crippen molar-refractivity contribution in [2.45, 2.75) is 26.1 Å². The van der Waals surface area contributed by atoms with E-state index in [2.05, 4.69) is 10.2 Å². The van der Waals surface area contributed by atoms with Gasteiger partial charge in [0, 0.05) is 26.2 Å². The van der Waals surface area contributed by atoms with E-state index in [0.717, 1.165) is 66.7 Å². The van der Waals surface area contributed by atoms with Gasteiger partial charge in [-0.15, -0.1) is 0 Å². The molecule has 1 saturated heterocycles. The van der Waals surface area contributed by atoms with Crippen molar-refractivity contribution >= 4 is 21.6 Å². The molecule has 1 aliphatic rings. The summed E-state index contributed by atoms with van der Waals surface area (Å²) in [7, 11) is -3.75. The Balaban J connectivity index is 1.64. The number of benzene rings is 2. The second kappa shape index (κ2) is 10.2. The van der Waals surface area contributed by atoms with Gasteiger partial charge in [0.2, 0.25) is 15.9 Å². The molecule has 0 bridgehead atoms. The van der Waals surface area contributed by atoms with Crippen molar-refractivity contribution in [1.82, 2.24) is 10.2 Å². The van der Waals surface area contributed by atoms with E-state index in [1.807, 2.05) is 24.3 Å². The Bertz CT molecular complexity index is 992. The second-order valence-corrected chi connectivity index (χ2v) is 9.50. The summed E-state index contributed by atoms with van der Waals surface area (Å²) in [5.74, 6) is -0.917. The van der Waals surface area contributed by atoms with Gasteiger partial charge in [-0.1, -0.05) is 24.3 Å². The summed E-state index contributed by atoms with van der Waals surface area (Å²) in [6, 6.07) is 12.0. The molecule has 2 aromatic carbocycles. The highest BCUT2D eigenvalue weighted by molar-refractivity contribution is 7.92. The summed E-state index contributed by atoms with van der Waals surface area (Å²) >= 11 is 0. The average molecular weight is 450 g/mol. The van der Waals surface area contributed by atoms with Crippen LogP contribution < -0.4 is 9.62 Å². The van der Waals surface area contributed by atoms with Crippen molar-refractivity contribution in [2.24, 2.45) is 0 Å². The molecule has 0 saturated carbocycles. The number of amides is 1. The van der Waals surface area contributed by atoms with Gasteiger partial charge in [0.1, 0.15) is 11.9 Å². The number of anilines is 1. The first-order valence-corrected chi connectivity index (χ1v) is 12.0. The summed E-state index contributed by atoms with van der Waals surface area (Å²) in [6.07, 6.45) is 1.02. The summed E-state index contributed by atoms with van der Waals surface area (Å²) in [5.41, 5.74) is 2.31. The van der Waals surface area contributed by atoms with Crippen molar-refractivity contribution in [3.63, 3.8) is 0 Å². The lowest BCUT2D eigenvalue weighted by atomic mass is 10.1. The quantitative estimate of drug-likeness (QED) is 0.668. The fraction of sp³-hybridized carbons (Fsp3) is 0.409. The number of sulfonamides is 1. The van der Waals surface area contributed by atoms with Gasteiger partial charge in [-0.2, -0.15) is 0 Å². The fourth-order valence-corrected chi connectivity index (χ4v) is 4.76. The number of morpholine rings is 1. The third-order valence-corrected chi connectivity index (χ3v) is 6.38. The first kappa shape index (κ1) is 23.2. The minimum atomic E-state index is -3.75. The zero-order chi connectivity index (χ0) is 22.4. The van der Waals surface area contributed by atoms with Crippen LogP contribution in [-0.2, 0) is 32.6 Å². The SMILES string of the molecule is C[C@H](C(=O)NCc1cccc(CN2CCOCC2)c1)N(c1ccc(F)cc1)S(C)(=O)=O. The van der Waals surface area contributed by atoms with Gasteiger partial charge in [0.05, 0.1) is 25.2 Å². The van der Waals surface area contributed by atoms with E-state index in [0.29, 0.717) is 0 Å². The molecule has 168 valence electrons. The number of nitrogens with one attached hydrogen (secondary N) is 1. The molecule has 1 N–H and O–H groups in total. The molecule has 0 unspecified atom stereocenters. The van der Waals surface area contributed by atoms with Gasteiger partial charge >= 0.3 is 0 Å². The molecular weight excluding hydrogens is 421 g/mol. The van der Waals surface area contributed by atoms with Crippen molar-refractivity contribution in [1.29, 1.82) is 0 Å². The van der Waals surface area contributed by atoms with Crippen molar-refractivity contribution in [3.8, 4) is 0 Å².